The summed E-state index contributed by atoms with van der Waals surface area (Å²) in [6.45, 7) is 5.41. The molecule has 2 rings (SSSR count). The van der Waals surface area contributed by atoms with Gasteiger partial charge in [-0.2, -0.15) is 0 Å². The lowest BCUT2D eigenvalue weighted by molar-refractivity contribution is -2.00. The van der Waals surface area contributed by atoms with E-state index in [0.29, 0.717) is 11.3 Å². The molecule has 0 aliphatic carbocycles. The highest BCUT2D eigenvalue weighted by atomic mass is 35.7. The molecular formula is C15H15ClO6. The van der Waals surface area contributed by atoms with Crippen molar-refractivity contribution in [1.82, 2.24) is 0 Å². The van der Waals surface area contributed by atoms with Crippen LogP contribution in [-0.4, -0.2) is 5.78 Å². The van der Waals surface area contributed by atoms with Gasteiger partial charge in [0.05, 0.1) is 12.5 Å². The molecular weight excluding hydrogens is 312 g/mol. The first-order chi connectivity index (χ1) is 10.1. The highest BCUT2D eigenvalue weighted by molar-refractivity contribution is 5.95. The second-order valence-corrected chi connectivity index (χ2v) is 5.33. The van der Waals surface area contributed by atoms with Crippen LogP contribution in [0.15, 0.2) is 40.8 Å². The minimum absolute atomic E-state index is 0.0294. The highest BCUT2D eigenvalue weighted by Gasteiger charge is 2.18. The maximum absolute atomic E-state index is 11.3. The average Bonchev–Trinajstić information content (AvgIpc) is 2.37. The summed E-state index contributed by atoms with van der Waals surface area (Å²) in [7, 11) is -4.94. The first-order valence-electron chi connectivity index (χ1n) is 6.21. The number of Topliss-reactive ketones (excluding diaryl/α,β-unsaturated/α-hetero) is 1. The number of rotatable bonds is 2. The van der Waals surface area contributed by atoms with Crippen molar-refractivity contribution in [3.63, 3.8) is 0 Å². The standard InChI is InChI=1S/C15H15O2.ClHO4/c1-10-4-6-13(7-5-10)15-9-8-14(11(2)16)12(3)17-15;2-1(3,4)5/h4-9H,1-3H3;(H,2,3,4,5)/q+1;/p-1. The van der Waals surface area contributed by atoms with Crippen molar-refractivity contribution in [2.45, 2.75) is 20.8 Å². The summed E-state index contributed by atoms with van der Waals surface area (Å²) in [5.41, 5.74) is 2.88. The zero-order chi connectivity index (χ0) is 16.9. The van der Waals surface area contributed by atoms with Crippen LogP contribution in [-0.2, 0) is 0 Å². The van der Waals surface area contributed by atoms with Crippen LogP contribution in [0.1, 0.15) is 28.6 Å². The molecule has 0 amide bonds. The highest BCUT2D eigenvalue weighted by Crippen LogP contribution is 2.22. The number of halogens is 1. The molecule has 6 nitrogen and oxygen atoms in total. The Bertz CT molecular complexity index is 640. The molecule has 1 heterocycles. The fourth-order valence-electron chi connectivity index (χ4n) is 1.77. The third kappa shape index (κ3) is 6.30. The molecule has 118 valence electrons. The summed E-state index contributed by atoms with van der Waals surface area (Å²) >= 11 is 0. The van der Waals surface area contributed by atoms with E-state index in [-0.39, 0.29) is 5.78 Å². The largest absolute Gasteiger partial charge is 0.360 e. The zero-order valence-electron chi connectivity index (χ0n) is 12.3. The molecule has 0 fully saturated rings. The predicted molar refractivity (Wildman–Crippen MR) is 68.0 cm³/mol. The molecule has 0 N–H and O–H groups in total. The molecule has 0 saturated heterocycles. The zero-order valence-corrected chi connectivity index (χ0v) is 13.0. The van der Waals surface area contributed by atoms with Gasteiger partial charge in [0.15, 0.2) is 5.78 Å². The van der Waals surface area contributed by atoms with E-state index < -0.39 is 10.2 Å². The Kier molecular flexibility index (Phi) is 6.16. The van der Waals surface area contributed by atoms with E-state index in [4.69, 9.17) is 23.1 Å². The minimum Gasteiger partial charge on any atom is -0.294 e. The third-order valence-electron chi connectivity index (χ3n) is 2.76. The summed E-state index contributed by atoms with van der Waals surface area (Å²) < 4.78 is 39.6. The van der Waals surface area contributed by atoms with Crippen molar-refractivity contribution in [2.24, 2.45) is 0 Å². The first kappa shape index (κ1) is 18.2. The lowest BCUT2D eigenvalue weighted by Crippen LogP contribution is -2.68. The Balaban J connectivity index is 0.000000422. The van der Waals surface area contributed by atoms with Gasteiger partial charge in [-0.1, -0.05) is 17.7 Å². The summed E-state index contributed by atoms with van der Waals surface area (Å²) in [6.07, 6.45) is 0. The Morgan fingerprint density at radius 1 is 0.955 bits per heavy atom. The van der Waals surface area contributed by atoms with Crippen molar-refractivity contribution >= 4 is 5.78 Å². The molecule has 0 saturated carbocycles. The lowest BCUT2D eigenvalue weighted by atomic mass is 10.1. The van der Waals surface area contributed by atoms with E-state index in [1.165, 1.54) is 5.56 Å². The molecule has 0 spiro atoms. The summed E-state index contributed by atoms with van der Waals surface area (Å²) in [5, 5.41) is 0. The smallest absolute Gasteiger partial charge is 0.294 e. The van der Waals surface area contributed by atoms with Crippen LogP contribution < -0.4 is 18.6 Å². The summed E-state index contributed by atoms with van der Waals surface area (Å²) in [6, 6.07) is 11.8. The maximum Gasteiger partial charge on any atom is 0.360 e. The Morgan fingerprint density at radius 2 is 1.45 bits per heavy atom. The second-order valence-electron chi connectivity index (χ2n) is 4.57. The number of carbonyl (C=O) groups is 1. The van der Waals surface area contributed by atoms with E-state index in [1.54, 1.807) is 6.92 Å². The molecule has 0 unspecified atom stereocenters. The van der Waals surface area contributed by atoms with E-state index in [1.807, 2.05) is 50.2 Å². The molecule has 22 heavy (non-hydrogen) atoms. The van der Waals surface area contributed by atoms with Crippen LogP contribution >= 0.6 is 0 Å². The molecule has 0 bridgehead atoms. The third-order valence-corrected chi connectivity index (χ3v) is 2.76. The average molecular weight is 327 g/mol. The monoisotopic (exact) mass is 326 g/mol. The number of hydrogen-bond acceptors (Lipinski definition) is 5. The van der Waals surface area contributed by atoms with E-state index in [0.717, 1.165) is 11.3 Å². The number of aryl methyl sites for hydroxylation is 2. The van der Waals surface area contributed by atoms with Crippen LogP contribution in [0.3, 0.4) is 0 Å². The van der Waals surface area contributed by atoms with Crippen LogP contribution in [0, 0.1) is 24.1 Å². The van der Waals surface area contributed by atoms with E-state index >= 15 is 0 Å². The Hall–Kier alpha value is -1.83. The van der Waals surface area contributed by atoms with Crippen molar-refractivity contribution in [3.8, 4) is 11.3 Å². The van der Waals surface area contributed by atoms with Crippen molar-refractivity contribution in [2.75, 3.05) is 0 Å². The van der Waals surface area contributed by atoms with Crippen molar-refractivity contribution in [3.05, 3.63) is 53.3 Å². The molecule has 0 aliphatic rings. The SMILES string of the molecule is CC(=O)c1ccc(-c2ccc(C)cc2)[o+]c1C.[O-][Cl+3]([O-])([O-])[O-]. The van der Waals surface area contributed by atoms with Gasteiger partial charge in [-0.25, -0.2) is 23.1 Å². The van der Waals surface area contributed by atoms with Gasteiger partial charge in [0.2, 0.25) is 0 Å². The molecule has 0 radical (unpaired) electrons. The van der Waals surface area contributed by atoms with Gasteiger partial charge in [-0.05, 0) is 32.0 Å². The molecule has 2 aromatic rings. The Morgan fingerprint density at radius 3 is 1.86 bits per heavy atom. The molecule has 1 aromatic heterocycles. The van der Waals surface area contributed by atoms with Gasteiger partial charge in [0.1, 0.15) is 5.56 Å². The minimum atomic E-state index is -4.94. The quantitative estimate of drug-likeness (QED) is 0.531. The first-order valence-corrected chi connectivity index (χ1v) is 7.45. The topological polar surface area (TPSA) is 121 Å². The van der Waals surface area contributed by atoms with E-state index in [9.17, 15) is 4.79 Å². The number of carbonyl (C=O) groups excluding carboxylic acids is 1. The van der Waals surface area contributed by atoms with Gasteiger partial charge in [-0.15, -0.1) is 10.2 Å². The second kappa shape index (κ2) is 7.44. The summed E-state index contributed by atoms with van der Waals surface area (Å²) in [5.74, 6) is 1.48. The predicted octanol–water partition coefficient (Wildman–Crippen LogP) is -0.709. The van der Waals surface area contributed by atoms with Gasteiger partial charge in [0.25, 0.3) is 0 Å². The molecule has 7 heteroatoms. The van der Waals surface area contributed by atoms with Gasteiger partial charge < -0.3 is 0 Å². The van der Waals surface area contributed by atoms with Crippen LogP contribution in [0.5, 0.6) is 0 Å². The number of benzene rings is 1. The maximum atomic E-state index is 11.3. The van der Waals surface area contributed by atoms with Crippen LogP contribution in [0.2, 0.25) is 0 Å². The number of hydrogen-bond donors (Lipinski definition) is 0. The molecule has 1 aromatic carbocycles. The van der Waals surface area contributed by atoms with Gasteiger partial charge in [-0.3, -0.25) is 4.79 Å². The van der Waals surface area contributed by atoms with Crippen molar-refractivity contribution in [1.29, 1.82) is 0 Å². The van der Waals surface area contributed by atoms with Crippen LogP contribution in [0.4, 0.5) is 0 Å². The van der Waals surface area contributed by atoms with Gasteiger partial charge >= 0.3 is 11.5 Å². The molecule has 0 atom stereocenters. The Labute approximate surface area is 130 Å². The molecule has 0 aliphatic heterocycles. The van der Waals surface area contributed by atoms with Crippen molar-refractivity contribution < 1.29 is 38.1 Å². The van der Waals surface area contributed by atoms with Gasteiger partial charge in [0, 0.05) is 6.07 Å². The number of ketones is 1. The fraction of sp³-hybridized carbons (Fsp3) is 0.200. The fourth-order valence-corrected chi connectivity index (χ4v) is 1.77. The van der Waals surface area contributed by atoms with Crippen LogP contribution in [0.25, 0.3) is 11.3 Å². The van der Waals surface area contributed by atoms with E-state index in [2.05, 4.69) is 0 Å². The lowest BCUT2D eigenvalue weighted by Gasteiger charge is -2.17. The summed E-state index contributed by atoms with van der Waals surface area (Å²) in [4.78, 5) is 11.3. The normalized spacial score (nSPS) is 10.7.